The second-order valence-electron chi connectivity index (χ2n) is 5.86. The molecule has 3 rings (SSSR count). The fourth-order valence-corrected chi connectivity index (χ4v) is 3.89. The smallest absolute Gasteiger partial charge is 0.229 e. The van der Waals surface area contributed by atoms with Crippen molar-refractivity contribution in [2.75, 3.05) is 4.90 Å². The molecule has 116 valence electrons. The van der Waals surface area contributed by atoms with Crippen LogP contribution in [0.4, 0.5) is 5.13 Å². The maximum absolute atomic E-state index is 12.8. The lowest BCUT2D eigenvalue weighted by atomic mass is 9.94. The number of hydrogen-bond acceptors (Lipinski definition) is 3. The second kappa shape index (κ2) is 7.54. The number of carbonyl (C=O) groups is 1. The lowest BCUT2D eigenvalue weighted by molar-refractivity contribution is -0.119. The molecular weight excluding hydrogens is 292 g/mol. The van der Waals surface area contributed by atoms with Crippen molar-refractivity contribution in [2.45, 2.75) is 51.0 Å². The summed E-state index contributed by atoms with van der Waals surface area (Å²) in [5.74, 6) is 0.214. The Morgan fingerprint density at radius 3 is 2.64 bits per heavy atom. The van der Waals surface area contributed by atoms with Crippen LogP contribution in [0.5, 0.6) is 0 Å². The fraction of sp³-hybridized carbons (Fsp3) is 0.444. The number of amides is 1. The third-order valence-corrected chi connectivity index (χ3v) is 5.07. The van der Waals surface area contributed by atoms with Crippen molar-refractivity contribution in [3.8, 4) is 0 Å². The Labute approximate surface area is 136 Å². The summed E-state index contributed by atoms with van der Waals surface area (Å²) in [5, 5.41) is 2.82. The van der Waals surface area contributed by atoms with Gasteiger partial charge in [0.25, 0.3) is 0 Å². The third-order valence-electron chi connectivity index (χ3n) is 4.30. The van der Waals surface area contributed by atoms with Crippen molar-refractivity contribution < 1.29 is 4.79 Å². The maximum Gasteiger partial charge on any atom is 0.229 e. The van der Waals surface area contributed by atoms with Gasteiger partial charge in [-0.05, 0) is 24.8 Å². The first-order valence-corrected chi connectivity index (χ1v) is 8.98. The average molecular weight is 314 g/mol. The molecule has 3 nitrogen and oxygen atoms in total. The Kier molecular flexibility index (Phi) is 5.22. The van der Waals surface area contributed by atoms with Crippen molar-refractivity contribution in [1.82, 2.24) is 4.98 Å². The normalized spacial score (nSPS) is 15.6. The number of nitrogens with zero attached hydrogens (tertiary/aromatic N) is 2. The molecule has 0 bridgehead atoms. The topological polar surface area (TPSA) is 33.2 Å². The first kappa shape index (κ1) is 15.2. The summed E-state index contributed by atoms with van der Waals surface area (Å²) in [4.78, 5) is 19.2. The predicted octanol–water partition coefficient (Wildman–Crippen LogP) is 4.44. The molecule has 1 fully saturated rings. The summed E-state index contributed by atoms with van der Waals surface area (Å²) in [5.41, 5.74) is 1.22. The highest BCUT2D eigenvalue weighted by Gasteiger charge is 2.28. The lowest BCUT2D eigenvalue weighted by Gasteiger charge is -2.32. The van der Waals surface area contributed by atoms with Gasteiger partial charge in [0.05, 0.1) is 0 Å². The zero-order valence-electron chi connectivity index (χ0n) is 12.8. The van der Waals surface area contributed by atoms with E-state index >= 15 is 0 Å². The molecule has 1 saturated carbocycles. The lowest BCUT2D eigenvalue weighted by Crippen LogP contribution is -2.41. The van der Waals surface area contributed by atoms with E-state index in [9.17, 15) is 4.79 Å². The molecule has 0 spiro atoms. The summed E-state index contributed by atoms with van der Waals surface area (Å²) in [6.45, 7) is 0. The van der Waals surface area contributed by atoms with Crippen LogP contribution in [-0.4, -0.2) is 16.9 Å². The molecule has 0 atom stereocenters. The fourth-order valence-electron chi connectivity index (χ4n) is 3.16. The number of aromatic nitrogens is 1. The minimum atomic E-state index is 0.214. The first-order valence-electron chi connectivity index (χ1n) is 8.10. The Balaban J connectivity index is 1.69. The Morgan fingerprint density at radius 1 is 1.18 bits per heavy atom. The van der Waals surface area contributed by atoms with Crippen LogP contribution in [0.15, 0.2) is 41.9 Å². The van der Waals surface area contributed by atoms with Gasteiger partial charge in [-0.25, -0.2) is 4.98 Å². The van der Waals surface area contributed by atoms with Crippen molar-refractivity contribution in [2.24, 2.45) is 0 Å². The van der Waals surface area contributed by atoms with E-state index in [4.69, 9.17) is 0 Å². The Hall–Kier alpha value is -1.68. The minimum Gasteiger partial charge on any atom is -0.285 e. The van der Waals surface area contributed by atoms with Gasteiger partial charge in [-0.3, -0.25) is 9.69 Å². The minimum absolute atomic E-state index is 0.214. The Morgan fingerprint density at radius 2 is 1.95 bits per heavy atom. The molecule has 2 aromatic rings. The highest BCUT2D eigenvalue weighted by atomic mass is 32.1. The molecule has 22 heavy (non-hydrogen) atoms. The zero-order valence-corrected chi connectivity index (χ0v) is 13.6. The van der Waals surface area contributed by atoms with Crippen LogP contribution >= 0.6 is 11.3 Å². The van der Waals surface area contributed by atoms with Gasteiger partial charge in [0.15, 0.2) is 5.13 Å². The molecule has 0 aliphatic heterocycles. The van der Waals surface area contributed by atoms with E-state index in [-0.39, 0.29) is 5.91 Å². The summed E-state index contributed by atoms with van der Waals surface area (Å²) >= 11 is 1.57. The molecule has 1 heterocycles. The molecule has 0 radical (unpaired) electrons. The number of carbonyl (C=O) groups excluding carboxylic acids is 1. The molecule has 1 aliphatic rings. The van der Waals surface area contributed by atoms with E-state index in [2.05, 4.69) is 17.1 Å². The van der Waals surface area contributed by atoms with Crippen LogP contribution in [0.1, 0.15) is 44.1 Å². The number of hydrogen-bond donors (Lipinski definition) is 0. The van der Waals surface area contributed by atoms with Gasteiger partial charge in [-0.2, -0.15) is 0 Å². The number of thiazole rings is 1. The van der Waals surface area contributed by atoms with E-state index in [1.165, 1.54) is 24.8 Å². The molecule has 1 amide bonds. The van der Waals surface area contributed by atoms with E-state index in [1.807, 2.05) is 28.5 Å². The molecule has 0 unspecified atom stereocenters. The van der Waals surface area contributed by atoms with Crippen LogP contribution < -0.4 is 4.90 Å². The molecule has 1 aliphatic carbocycles. The van der Waals surface area contributed by atoms with Crippen LogP contribution in [-0.2, 0) is 11.2 Å². The summed E-state index contributed by atoms with van der Waals surface area (Å²) < 4.78 is 0. The monoisotopic (exact) mass is 314 g/mol. The van der Waals surface area contributed by atoms with Gasteiger partial charge in [0, 0.05) is 24.0 Å². The maximum atomic E-state index is 12.8. The van der Waals surface area contributed by atoms with Gasteiger partial charge in [0.2, 0.25) is 5.91 Å². The first-order chi connectivity index (χ1) is 10.8. The molecule has 0 N–H and O–H groups in total. The summed E-state index contributed by atoms with van der Waals surface area (Å²) in [6.07, 6.45) is 9.10. The largest absolute Gasteiger partial charge is 0.285 e. The highest BCUT2D eigenvalue weighted by Crippen LogP contribution is 2.29. The van der Waals surface area contributed by atoms with Crippen molar-refractivity contribution >= 4 is 22.4 Å². The van der Waals surface area contributed by atoms with Crippen LogP contribution in [0.2, 0.25) is 0 Å². The third kappa shape index (κ3) is 3.74. The Bertz CT molecular complexity index is 576. The van der Waals surface area contributed by atoms with Crippen molar-refractivity contribution in [3.63, 3.8) is 0 Å². The summed E-state index contributed by atoms with van der Waals surface area (Å²) in [7, 11) is 0. The number of rotatable bonds is 5. The molecule has 0 saturated heterocycles. The van der Waals surface area contributed by atoms with Gasteiger partial charge in [-0.1, -0.05) is 49.6 Å². The van der Waals surface area contributed by atoms with E-state index in [0.29, 0.717) is 12.5 Å². The SMILES string of the molecule is O=C(CCc1ccccc1)N(c1nccs1)C1CCCCC1. The number of benzene rings is 1. The van der Waals surface area contributed by atoms with Crippen molar-refractivity contribution in [3.05, 3.63) is 47.5 Å². The average Bonchev–Trinajstić information content (AvgIpc) is 3.09. The van der Waals surface area contributed by atoms with E-state index < -0.39 is 0 Å². The van der Waals surface area contributed by atoms with E-state index in [0.717, 1.165) is 24.4 Å². The van der Waals surface area contributed by atoms with Crippen LogP contribution in [0, 0.1) is 0 Å². The molecule has 1 aromatic heterocycles. The zero-order chi connectivity index (χ0) is 15.2. The van der Waals surface area contributed by atoms with Gasteiger partial charge in [0.1, 0.15) is 0 Å². The number of anilines is 1. The summed E-state index contributed by atoms with van der Waals surface area (Å²) in [6, 6.07) is 10.6. The molecular formula is C18H22N2OS. The van der Waals surface area contributed by atoms with Gasteiger partial charge in [-0.15, -0.1) is 11.3 Å². The number of aryl methyl sites for hydroxylation is 1. The van der Waals surface area contributed by atoms with Crippen molar-refractivity contribution in [1.29, 1.82) is 0 Å². The predicted molar refractivity (Wildman–Crippen MR) is 91.2 cm³/mol. The standard InChI is InChI=1S/C18H22N2OS/c21-17(12-11-15-7-3-1-4-8-15)20(18-19-13-14-22-18)16-9-5-2-6-10-16/h1,3-4,7-8,13-14,16H,2,5-6,9-12H2. The molecule has 1 aromatic carbocycles. The van der Waals surface area contributed by atoms with E-state index in [1.54, 1.807) is 17.5 Å². The second-order valence-corrected chi connectivity index (χ2v) is 6.73. The van der Waals surface area contributed by atoms with Gasteiger partial charge < -0.3 is 0 Å². The molecule has 4 heteroatoms. The van der Waals surface area contributed by atoms with Crippen LogP contribution in [0.3, 0.4) is 0 Å². The quantitative estimate of drug-likeness (QED) is 0.817. The highest BCUT2D eigenvalue weighted by molar-refractivity contribution is 7.13. The van der Waals surface area contributed by atoms with Crippen LogP contribution in [0.25, 0.3) is 0 Å². The van der Waals surface area contributed by atoms with Gasteiger partial charge >= 0.3 is 0 Å².